The zero-order chi connectivity index (χ0) is 18.7. The highest BCUT2D eigenvalue weighted by Crippen LogP contribution is 2.38. The minimum absolute atomic E-state index is 0. The lowest BCUT2D eigenvalue weighted by Gasteiger charge is -2.25. The summed E-state index contributed by atoms with van der Waals surface area (Å²) in [6.07, 6.45) is 3.98. The Bertz CT molecular complexity index is 701. The zero-order valence-electron chi connectivity index (χ0n) is 16.7. The van der Waals surface area contributed by atoms with E-state index in [2.05, 4.69) is 29.3 Å². The van der Waals surface area contributed by atoms with E-state index in [-0.39, 0.29) is 29.9 Å². The van der Waals surface area contributed by atoms with Gasteiger partial charge in [-0.3, -0.25) is 4.79 Å². The number of ether oxygens (including phenoxy) is 1. The normalized spacial score (nSPS) is 24.9. The second kappa shape index (κ2) is 9.43. The summed E-state index contributed by atoms with van der Waals surface area (Å²) in [7, 11) is 0. The van der Waals surface area contributed by atoms with E-state index >= 15 is 0 Å². The molecule has 1 atom stereocenters. The Hall–Kier alpha value is -1.35. The monoisotopic (exact) mass is 498 g/mol. The van der Waals surface area contributed by atoms with Crippen molar-refractivity contribution in [3.05, 3.63) is 29.8 Å². The first-order valence-electron chi connectivity index (χ1n) is 10.2. The molecule has 3 fully saturated rings. The maximum atomic E-state index is 11.9. The van der Waals surface area contributed by atoms with Gasteiger partial charge in [0.15, 0.2) is 5.96 Å². The van der Waals surface area contributed by atoms with E-state index in [1.807, 2.05) is 17.0 Å². The largest absolute Gasteiger partial charge is 0.381 e. The Kier molecular flexibility index (Phi) is 7.20. The van der Waals surface area contributed by atoms with E-state index in [0.29, 0.717) is 18.4 Å². The molecule has 1 amide bonds. The lowest BCUT2D eigenvalue weighted by Crippen LogP contribution is -2.41. The molecule has 6 nitrogen and oxygen atoms in total. The maximum Gasteiger partial charge on any atom is 0.227 e. The van der Waals surface area contributed by atoms with Gasteiger partial charge in [-0.05, 0) is 43.9 Å². The molecule has 3 aliphatic rings. The Morgan fingerprint density at radius 2 is 2.07 bits per heavy atom. The first-order chi connectivity index (χ1) is 13.2. The number of nitrogens with one attached hydrogen (secondary N) is 1. The highest BCUT2D eigenvalue weighted by atomic mass is 127. The van der Waals surface area contributed by atoms with Crippen molar-refractivity contribution in [2.24, 2.45) is 10.4 Å². The molecule has 1 aromatic carbocycles. The number of benzene rings is 1. The van der Waals surface area contributed by atoms with Crippen LogP contribution in [0.4, 0.5) is 5.69 Å². The van der Waals surface area contributed by atoms with Gasteiger partial charge in [-0.1, -0.05) is 12.1 Å². The molecule has 4 rings (SSSR count). The minimum atomic E-state index is 0. The predicted molar refractivity (Wildman–Crippen MR) is 122 cm³/mol. The molecular weight excluding hydrogens is 467 g/mol. The maximum absolute atomic E-state index is 11.9. The lowest BCUT2D eigenvalue weighted by molar-refractivity contribution is -0.117. The molecule has 1 unspecified atom stereocenters. The second-order valence-electron chi connectivity index (χ2n) is 7.96. The van der Waals surface area contributed by atoms with Crippen molar-refractivity contribution in [2.45, 2.75) is 39.2 Å². The molecule has 1 aromatic rings. The van der Waals surface area contributed by atoms with E-state index in [0.717, 1.165) is 57.5 Å². The van der Waals surface area contributed by atoms with Crippen LogP contribution >= 0.6 is 24.0 Å². The molecule has 3 saturated heterocycles. The molecule has 28 heavy (non-hydrogen) atoms. The summed E-state index contributed by atoms with van der Waals surface area (Å²) in [5, 5.41) is 3.45. The van der Waals surface area contributed by atoms with Gasteiger partial charge in [-0.2, -0.15) is 0 Å². The van der Waals surface area contributed by atoms with Crippen LogP contribution in [0.2, 0.25) is 0 Å². The van der Waals surface area contributed by atoms with Crippen molar-refractivity contribution >= 4 is 41.5 Å². The number of halogens is 1. The summed E-state index contributed by atoms with van der Waals surface area (Å²) in [5.41, 5.74) is 2.50. The van der Waals surface area contributed by atoms with Crippen LogP contribution < -0.4 is 10.2 Å². The fourth-order valence-electron chi connectivity index (χ4n) is 4.38. The number of carbonyl (C=O) groups is 1. The van der Waals surface area contributed by atoms with E-state index in [9.17, 15) is 4.79 Å². The molecule has 3 aliphatic heterocycles. The fourth-order valence-corrected chi connectivity index (χ4v) is 4.38. The smallest absolute Gasteiger partial charge is 0.227 e. The van der Waals surface area contributed by atoms with Crippen molar-refractivity contribution in [3.63, 3.8) is 0 Å². The number of amides is 1. The van der Waals surface area contributed by atoms with E-state index in [1.165, 1.54) is 18.4 Å². The van der Waals surface area contributed by atoms with Crippen molar-refractivity contribution in [1.82, 2.24) is 10.2 Å². The van der Waals surface area contributed by atoms with Crippen LogP contribution in [0.15, 0.2) is 29.3 Å². The number of carbonyl (C=O) groups excluding carboxylic acids is 1. The van der Waals surface area contributed by atoms with Gasteiger partial charge in [0.25, 0.3) is 0 Å². The highest BCUT2D eigenvalue weighted by Gasteiger charge is 2.42. The van der Waals surface area contributed by atoms with Crippen molar-refractivity contribution in [1.29, 1.82) is 0 Å². The topological polar surface area (TPSA) is 57.2 Å². The SMILES string of the molecule is CCNC(=NCc1ccc(N2CCCC2=O)cc1)N1CCC2(CCOC2)C1.I. The summed E-state index contributed by atoms with van der Waals surface area (Å²) < 4.78 is 5.65. The average molecular weight is 498 g/mol. The molecule has 0 radical (unpaired) electrons. The molecule has 7 heteroatoms. The summed E-state index contributed by atoms with van der Waals surface area (Å²) in [5.74, 6) is 1.23. The number of aliphatic imine (C=N–C) groups is 1. The lowest BCUT2D eigenvalue weighted by atomic mass is 9.87. The third-order valence-electron chi connectivity index (χ3n) is 5.99. The average Bonchev–Trinajstić information content (AvgIpc) is 3.42. The first-order valence-corrected chi connectivity index (χ1v) is 10.2. The fraction of sp³-hybridized carbons (Fsp3) is 0.619. The molecule has 1 N–H and O–H groups in total. The number of rotatable bonds is 4. The number of likely N-dealkylation sites (tertiary alicyclic amines) is 1. The van der Waals surface area contributed by atoms with Gasteiger partial charge < -0.3 is 19.9 Å². The Balaban J connectivity index is 0.00000225. The number of hydrogen-bond donors (Lipinski definition) is 1. The zero-order valence-corrected chi connectivity index (χ0v) is 19.0. The van der Waals surface area contributed by atoms with E-state index < -0.39 is 0 Å². The van der Waals surface area contributed by atoms with E-state index in [4.69, 9.17) is 9.73 Å². The van der Waals surface area contributed by atoms with Gasteiger partial charge in [0.1, 0.15) is 0 Å². The summed E-state index contributed by atoms with van der Waals surface area (Å²) in [4.78, 5) is 21.0. The van der Waals surface area contributed by atoms with Crippen molar-refractivity contribution in [3.8, 4) is 0 Å². The van der Waals surface area contributed by atoms with Crippen molar-refractivity contribution in [2.75, 3.05) is 44.3 Å². The molecule has 154 valence electrons. The third kappa shape index (κ3) is 4.62. The van der Waals surface area contributed by atoms with Crippen LogP contribution in [0.5, 0.6) is 0 Å². The Labute approximate surface area is 184 Å². The molecular formula is C21H31IN4O2. The first kappa shape index (κ1) is 21.4. The van der Waals surface area contributed by atoms with Gasteiger partial charge in [-0.25, -0.2) is 4.99 Å². The van der Waals surface area contributed by atoms with Gasteiger partial charge in [0.05, 0.1) is 13.2 Å². The predicted octanol–water partition coefficient (Wildman–Crippen LogP) is 3.01. The van der Waals surface area contributed by atoms with Crippen LogP contribution in [0.25, 0.3) is 0 Å². The van der Waals surface area contributed by atoms with Crippen LogP contribution in [0.1, 0.15) is 38.2 Å². The van der Waals surface area contributed by atoms with E-state index in [1.54, 1.807) is 0 Å². The summed E-state index contributed by atoms with van der Waals surface area (Å²) in [6, 6.07) is 8.26. The number of anilines is 1. The van der Waals surface area contributed by atoms with Gasteiger partial charge in [0.2, 0.25) is 5.91 Å². The summed E-state index contributed by atoms with van der Waals surface area (Å²) in [6.45, 7) is 8.33. The minimum Gasteiger partial charge on any atom is -0.381 e. The molecule has 3 heterocycles. The number of hydrogen-bond acceptors (Lipinski definition) is 3. The summed E-state index contributed by atoms with van der Waals surface area (Å²) >= 11 is 0. The Morgan fingerprint density at radius 1 is 1.25 bits per heavy atom. The molecule has 1 spiro atoms. The molecule has 0 aliphatic carbocycles. The number of nitrogens with zero attached hydrogens (tertiary/aromatic N) is 3. The van der Waals surface area contributed by atoms with Crippen LogP contribution in [-0.4, -0.2) is 56.2 Å². The quantitative estimate of drug-likeness (QED) is 0.394. The molecule has 0 aromatic heterocycles. The standard InChI is InChI=1S/C21H30N4O2.HI/c1-2-22-20(24-12-9-21(15-24)10-13-27-16-21)23-14-17-5-7-18(8-6-17)25-11-3-4-19(25)26;/h5-8H,2-4,9-16H2,1H3,(H,22,23);1H. The Morgan fingerprint density at radius 3 is 2.71 bits per heavy atom. The third-order valence-corrected chi connectivity index (χ3v) is 5.99. The van der Waals surface area contributed by atoms with Gasteiger partial charge >= 0.3 is 0 Å². The van der Waals surface area contributed by atoms with Crippen LogP contribution in [0.3, 0.4) is 0 Å². The molecule has 0 saturated carbocycles. The van der Waals surface area contributed by atoms with Crippen molar-refractivity contribution < 1.29 is 9.53 Å². The van der Waals surface area contributed by atoms with Gasteiger partial charge in [-0.15, -0.1) is 24.0 Å². The second-order valence-corrected chi connectivity index (χ2v) is 7.96. The van der Waals surface area contributed by atoms with Gasteiger partial charge in [0, 0.05) is 50.3 Å². The highest BCUT2D eigenvalue weighted by molar-refractivity contribution is 14.0. The van der Waals surface area contributed by atoms with Crippen LogP contribution in [0, 0.1) is 5.41 Å². The number of guanidine groups is 1. The molecule has 0 bridgehead atoms. The van der Waals surface area contributed by atoms with Crippen LogP contribution in [-0.2, 0) is 16.1 Å².